The first-order valence-electron chi connectivity index (χ1n) is 6.63. The van der Waals surface area contributed by atoms with Gasteiger partial charge in [-0.25, -0.2) is 0 Å². The Balaban J connectivity index is 2.75. The van der Waals surface area contributed by atoms with Crippen LogP contribution in [0.3, 0.4) is 0 Å². The number of hydrogen-bond donors (Lipinski definition) is 2. The summed E-state index contributed by atoms with van der Waals surface area (Å²) in [6.07, 6.45) is 0. The van der Waals surface area contributed by atoms with Gasteiger partial charge in [-0.2, -0.15) is 0 Å². The first-order chi connectivity index (χ1) is 8.20. The molecule has 0 radical (unpaired) electrons. The summed E-state index contributed by atoms with van der Waals surface area (Å²) in [4.78, 5) is 0. The lowest BCUT2D eigenvalue weighted by molar-refractivity contribution is -0.0984. The number of hydrogen-bond acceptors (Lipinski definition) is 5. The van der Waals surface area contributed by atoms with E-state index in [1.165, 1.54) is 0 Å². The van der Waals surface area contributed by atoms with Gasteiger partial charge >= 0.3 is 14.0 Å². The van der Waals surface area contributed by atoms with Crippen LogP contribution in [0.2, 0.25) is 0 Å². The van der Waals surface area contributed by atoms with Gasteiger partial charge in [0.2, 0.25) is 0 Å². The summed E-state index contributed by atoms with van der Waals surface area (Å²) in [5, 5.41) is 20.2. The molecule has 110 valence electrons. The van der Waals surface area contributed by atoms with Gasteiger partial charge in [0.1, 0.15) is 0 Å². The third-order valence-electron chi connectivity index (χ3n) is 4.39. The molecule has 0 unspecified atom stereocenters. The van der Waals surface area contributed by atoms with Gasteiger partial charge in [0.15, 0.2) is 0 Å². The normalized spacial score (nSPS) is 22.7. The van der Waals surface area contributed by atoms with E-state index in [-0.39, 0.29) is 0 Å². The monoisotopic (exact) mass is 272 g/mol. The van der Waals surface area contributed by atoms with Crippen molar-refractivity contribution in [3.63, 3.8) is 0 Å². The Hall–Kier alpha value is -0.0701. The Morgan fingerprint density at radius 2 is 1.37 bits per heavy atom. The molecule has 5 nitrogen and oxygen atoms in total. The molecule has 1 heterocycles. The van der Waals surface area contributed by atoms with Gasteiger partial charge in [0, 0.05) is 0 Å². The molecule has 1 saturated heterocycles. The van der Waals surface area contributed by atoms with Crippen molar-refractivity contribution < 1.29 is 24.1 Å². The van der Waals surface area contributed by atoms with Gasteiger partial charge in [0.25, 0.3) is 0 Å². The van der Waals surface area contributed by atoms with Crippen molar-refractivity contribution in [1.82, 2.24) is 0 Å². The molecule has 0 aromatic carbocycles. The fraction of sp³-hybridized carbons (Fsp3) is 1.00. The van der Waals surface area contributed by atoms with E-state index in [9.17, 15) is 10.1 Å². The smallest absolute Gasteiger partial charge is 0.429 e. The van der Waals surface area contributed by atoms with Crippen molar-refractivity contribution >= 4 is 14.0 Å². The van der Waals surface area contributed by atoms with Gasteiger partial charge in [-0.3, -0.25) is 0 Å². The summed E-state index contributed by atoms with van der Waals surface area (Å²) in [7, 11) is -2.13. The molecule has 0 amide bonds. The molecule has 1 aliphatic rings. The van der Waals surface area contributed by atoms with E-state index in [0.717, 1.165) is 0 Å². The van der Waals surface area contributed by atoms with E-state index in [0.29, 0.717) is 0 Å². The van der Waals surface area contributed by atoms with Crippen LogP contribution in [0, 0.1) is 0 Å². The SMILES string of the molecule is CC(C)(O)C(C)(C)OB(O)B1OC(C)(C)C(C)(C)O1. The molecule has 7 heteroatoms. The molecule has 0 bridgehead atoms. The van der Waals surface area contributed by atoms with Gasteiger partial charge in [-0.05, 0) is 55.4 Å². The number of aliphatic hydroxyl groups is 1. The zero-order chi connectivity index (χ0) is 15.3. The molecule has 0 atom stereocenters. The first-order valence-corrected chi connectivity index (χ1v) is 6.63. The van der Waals surface area contributed by atoms with Crippen LogP contribution in [0.25, 0.3) is 0 Å². The van der Waals surface area contributed by atoms with Crippen LogP contribution < -0.4 is 0 Å². The minimum Gasteiger partial charge on any atom is -0.429 e. The highest BCUT2D eigenvalue weighted by Crippen LogP contribution is 2.38. The molecule has 0 saturated carbocycles. The maximum absolute atomic E-state index is 10.1. The Labute approximate surface area is 116 Å². The Kier molecular flexibility index (Phi) is 4.24. The maximum atomic E-state index is 10.1. The highest BCUT2D eigenvalue weighted by molar-refractivity contribution is 7.10. The van der Waals surface area contributed by atoms with Crippen LogP contribution in [0.4, 0.5) is 0 Å². The van der Waals surface area contributed by atoms with Crippen LogP contribution in [0.1, 0.15) is 55.4 Å². The molecule has 19 heavy (non-hydrogen) atoms. The van der Waals surface area contributed by atoms with Crippen LogP contribution in [0.15, 0.2) is 0 Å². The lowest BCUT2D eigenvalue weighted by Gasteiger charge is -2.38. The zero-order valence-corrected chi connectivity index (χ0v) is 13.3. The summed E-state index contributed by atoms with van der Waals surface area (Å²) < 4.78 is 16.9. The minimum absolute atomic E-state index is 0.527. The second kappa shape index (κ2) is 4.74. The third-order valence-corrected chi connectivity index (χ3v) is 4.39. The fourth-order valence-electron chi connectivity index (χ4n) is 1.51. The molecule has 0 aliphatic carbocycles. The van der Waals surface area contributed by atoms with E-state index in [4.69, 9.17) is 14.0 Å². The molecule has 0 spiro atoms. The zero-order valence-electron chi connectivity index (χ0n) is 13.3. The highest BCUT2D eigenvalue weighted by Gasteiger charge is 2.57. The van der Waals surface area contributed by atoms with Gasteiger partial charge in [0.05, 0.1) is 22.4 Å². The molecule has 1 fully saturated rings. The van der Waals surface area contributed by atoms with Crippen LogP contribution in [0.5, 0.6) is 0 Å². The molecule has 1 aliphatic heterocycles. The van der Waals surface area contributed by atoms with Gasteiger partial charge in [-0.15, -0.1) is 0 Å². The lowest BCUT2D eigenvalue weighted by atomic mass is 9.48. The lowest BCUT2D eigenvalue weighted by Crippen LogP contribution is -2.55. The fourth-order valence-corrected chi connectivity index (χ4v) is 1.51. The van der Waals surface area contributed by atoms with Crippen molar-refractivity contribution in [2.75, 3.05) is 0 Å². The summed E-state index contributed by atoms with van der Waals surface area (Å²) in [6.45, 7) is 14.3. The number of rotatable bonds is 4. The second-order valence-corrected chi connectivity index (χ2v) is 7.20. The minimum atomic E-state index is -1.26. The summed E-state index contributed by atoms with van der Waals surface area (Å²) in [6, 6.07) is 0. The van der Waals surface area contributed by atoms with Gasteiger partial charge in [-0.1, -0.05) is 0 Å². The first kappa shape index (κ1) is 17.0. The van der Waals surface area contributed by atoms with Crippen molar-refractivity contribution in [2.45, 2.75) is 77.8 Å². The molecule has 2 N–H and O–H groups in total. The average Bonchev–Trinajstić information content (AvgIpc) is 2.33. The summed E-state index contributed by atoms with van der Waals surface area (Å²) in [5.74, 6) is 0. The van der Waals surface area contributed by atoms with Crippen molar-refractivity contribution in [1.29, 1.82) is 0 Å². The highest BCUT2D eigenvalue weighted by atomic mass is 16.7. The van der Waals surface area contributed by atoms with E-state index < -0.39 is 36.4 Å². The van der Waals surface area contributed by atoms with Crippen LogP contribution in [-0.2, 0) is 14.0 Å². The van der Waals surface area contributed by atoms with E-state index in [1.54, 1.807) is 27.7 Å². The van der Waals surface area contributed by atoms with E-state index in [1.807, 2.05) is 27.7 Å². The standard InChI is InChI=1S/C12H26B2O5/c1-9(2,15)10(3,4)17-13(16)14-18-11(5,6)12(7,8)19-14/h15-16H,1-8H3. The molecular weight excluding hydrogens is 246 g/mol. The topological polar surface area (TPSA) is 68.2 Å². The van der Waals surface area contributed by atoms with Crippen LogP contribution in [-0.4, -0.2) is 46.6 Å². The van der Waals surface area contributed by atoms with E-state index in [2.05, 4.69) is 0 Å². The molecular formula is C12H26B2O5. The predicted molar refractivity (Wildman–Crippen MR) is 75.5 cm³/mol. The van der Waals surface area contributed by atoms with E-state index >= 15 is 0 Å². The molecule has 0 aromatic rings. The van der Waals surface area contributed by atoms with Crippen molar-refractivity contribution in [2.24, 2.45) is 0 Å². The Morgan fingerprint density at radius 3 is 1.68 bits per heavy atom. The summed E-state index contributed by atoms with van der Waals surface area (Å²) >= 11 is 0. The Morgan fingerprint density at radius 1 is 1.00 bits per heavy atom. The van der Waals surface area contributed by atoms with Gasteiger partial charge < -0.3 is 24.1 Å². The van der Waals surface area contributed by atoms with Crippen molar-refractivity contribution in [3.05, 3.63) is 0 Å². The predicted octanol–water partition coefficient (Wildman–Crippen LogP) is 1.20. The third kappa shape index (κ3) is 3.34. The van der Waals surface area contributed by atoms with Crippen molar-refractivity contribution in [3.8, 4) is 0 Å². The quantitative estimate of drug-likeness (QED) is 0.753. The largest absolute Gasteiger partial charge is 0.488 e. The molecule has 1 rings (SSSR count). The second-order valence-electron chi connectivity index (χ2n) is 7.20. The van der Waals surface area contributed by atoms with Crippen LogP contribution >= 0.6 is 0 Å². The Bertz CT molecular complexity index is 320. The maximum Gasteiger partial charge on any atom is 0.488 e. The summed E-state index contributed by atoms with van der Waals surface area (Å²) in [5.41, 5.74) is -3.09. The average molecular weight is 272 g/mol. The molecule has 0 aromatic heterocycles.